The SMILES string of the molecule is CCCCCCCCCCCCCCCCCCCCCCCC(=O)OC[C@H](COP(=O)(O)OC[C@@H](O)COP(=O)(O)OC[C@@H](COC(=O)CCCCCCCCCCC(C)CC)OC(=O)CCCCCCCCCCCCCCCCCCC(C)C)OC(=O)CCCCCCCCCCCCCCCCCCCCCCC. The molecule has 0 radical (unpaired) electrons. The quantitative estimate of drug-likeness (QED) is 0.0222. The highest BCUT2D eigenvalue weighted by Gasteiger charge is 2.31. The van der Waals surface area contributed by atoms with Gasteiger partial charge in [-0.25, -0.2) is 9.13 Å². The summed E-state index contributed by atoms with van der Waals surface area (Å²) < 4.78 is 69.2. The van der Waals surface area contributed by atoms with Crippen molar-refractivity contribution in [2.24, 2.45) is 11.8 Å². The predicted octanol–water partition coefficient (Wildman–Crippen LogP) is 29.4. The van der Waals surface area contributed by atoms with E-state index in [2.05, 4.69) is 41.5 Å². The summed E-state index contributed by atoms with van der Waals surface area (Å²) in [4.78, 5) is 73.5. The van der Waals surface area contributed by atoms with E-state index >= 15 is 0 Å². The maximum absolute atomic E-state index is 13.2. The Morgan fingerprint density at radius 2 is 0.451 bits per heavy atom. The molecule has 0 rings (SSSR count). The normalized spacial score (nSPS) is 13.9. The zero-order valence-corrected chi connectivity index (χ0v) is 76.5. The molecule has 0 saturated heterocycles. The Balaban J connectivity index is 5.24. The molecule has 0 aliphatic carbocycles. The molecule has 0 aliphatic rings. The van der Waals surface area contributed by atoms with Gasteiger partial charge in [0.25, 0.3) is 0 Å². The van der Waals surface area contributed by atoms with Gasteiger partial charge in [0.05, 0.1) is 26.4 Å². The molecular formula is C94H184O17P2. The first-order chi connectivity index (χ1) is 54.9. The van der Waals surface area contributed by atoms with E-state index in [4.69, 9.17) is 37.0 Å². The second-order valence-corrected chi connectivity index (χ2v) is 37.4. The molecule has 0 heterocycles. The van der Waals surface area contributed by atoms with Gasteiger partial charge in [-0.1, -0.05) is 459 Å². The number of phosphoric ester groups is 2. The Morgan fingerprint density at radius 1 is 0.257 bits per heavy atom. The zero-order chi connectivity index (χ0) is 82.7. The molecule has 672 valence electrons. The third kappa shape index (κ3) is 86.3. The number of hydrogen-bond donors (Lipinski definition) is 3. The van der Waals surface area contributed by atoms with Crippen molar-refractivity contribution in [3.63, 3.8) is 0 Å². The second kappa shape index (κ2) is 85.1. The van der Waals surface area contributed by atoms with Crippen molar-refractivity contribution in [3.8, 4) is 0 Å². The fourth-order valence-electron chi connectivity index (χ4n) is 14.8. The van der Waals surface area contributed by atoms with Crippen molar-refractivity contribution < 1.29 is 80.2 Å². The summed E-state index contributed by atoms with van der Waals surface area (Å²) in [5, 5.41) is 10.7. The number of rotatable bonds is 93. The van der Waals surface area contributed by atoms with Gasteiger partial charge in [0.15, 0.2) is 12.2 Å². The van der Waals surface area contributed by atoms with Gasteiger partial charge in [-0.15, -0.1) is 0 Å². The summed E-state index contributed by atoms with van der Waals surface area (Å²) in [6, 6.07) is 0. The maximum atomic E-state index is 13.2. The summed E-state index contributed by atoms with van der Waals surface area (Å²) in [5.74, 6) is -0.507. The molecule has 3 unspecified atom stereocenters. The zero-order valence-electron chi connectivity index (χ0n) is 74.7. The first-order valence-corrected chi connectivity index (χ1v) is 51.5. The van der Waals surface area contributed by atoms with Crippen LogP contribution in [0.1, 0.15) is 510 Å². The van der Waals surface area contributed by atoms with Crippen LogP contribution in [-0.2, 0) is 65.4 Å². The molecule has 0 aromatic rings. The van der Waals surface area contributed by atoms with E-state index < -0.39 is 97.5 Å². The third-order valence-electron chi connectivity index (χ3n) is 22.6. The average Bonchev–Trinajstić information content (AvgIpc) is 0.893. The highest BCUT2D eigenvalue weighted by atomic mass is 31.2. The number of esters is 4. The smallest absolute Gasteiger partial charge is 0.462 e. The number of carbonyl (C=O) groups is 4. The first-order valence-electron chi connectivity index (χ1n) is 48.5. The maximum Gasteiger partial charge on any atom is 0.472 e. The number of hydrogen-bond acceptors (Lipinski definition) is 15. The van der Waals surface area contributed by atoms with Crippen molar-refractivity contribution in [1.29, 1.82) is 0 Å². The van der Waals surface area contributed by atoms with Crippen LogP contribution in [-0.4, -0.2) is 96.7 Å². The lowest BCUT2D eigenvalue weighted by molar-refractivity contribution is -0.161. The molecule has 0 aromatic carbocycles. The molecule has 0 aromatic heterocycles. The van der Waals surface area contributed by atoms with Crippen LogP contribution in [0.5, 0.6) is 0 Å². The largest absolute Gasteiger partial charge is 0.472 e. The van der Waals surface area contributed by atoms with Crippen LogP contribution in [0.4, 0.5) is 0 Å². The summed E-state index contributed by atoms with van der Waals surface area (Å²) in [7, 11) is -9.94. The standard InChI is InChI=1S/C94H184O17P2/c1-7-10-12-14-16-18-20-22-24-26-28-30-32-34-39-43-47-51-58-64-70-76-91(96)104-82-89(110-93(98)78-72-66-60-52-48-44-40-35-33-31-29-27-25-23-21-19-17-15-13-11-8-2)84-108-112(100,101)106-80-88(95)81-107-113(102,103)109-85-90(83-105-92(97)77-71-65-59-55-54-57-63-69-75-87(6)9-3)111-94(99)79-73-67-61-53-49-45-41-37-36-38-42-46-50-56-62-68-74-86(4)5/h86-90,95H,7-85H2,1-6H3,(H,100,101)(H,102,103)/t87?,88-,89-,90-/m1/s1. The van der Waals surface area contributed by atoms with Gasteiger partial charge >= 0.3 is 39.5 Å². The Kier molecular flexibility index (Phi) is 83.6. The monoisotopic (exact) mass is 1650 g/mol. The summed E-state index contributed by atoms with van der Waals surface area (Å²) in [6.45, 7) is 9.75. The summed E-state index contributed by atoms with van der Waals surface area (Å²) in [5.41, 5.74) is 0. The number of aliphatic hydroxyl groups is 1. The van der Waals surface area contributed by atoms with Crippen LogP contribution in [0.2, 0.25) is 0 Å². The number of ether oxygens (including phenoxy) is 4. The molecule has 0 bridgehead atoms. The van der Waals surface area contributed by atoms with Gasteiger partial charge in [0.2, 0.25) is 0 Å². The highest BCUT2D eigenvalue weighted by molar-refractivity contribution is 7.47. The van der Waals surface area contributed by atoms with Crippen LogP contribution in [0.25, 0.3) is 0 Å². The number of phosphoric acid groups is 2. The first kappa shape index (κ1) is 111. The van der Waals surface area contributed by atoms with Crippen molar-refractivity contribution >= 4 is 39.5 Å². The molecule has 17 nitrogen and oxygen atoms in total. The lowest BCUT2D eigenvalue weighted by atomic mass is 9.99. The van der Waals surface area contributed by atoms with E-state index in [1.165, 1.54) is 327 Å². The third-order valence-corrected chi connectivity index (χ3v) is 24.5. The Bertz CT molecular complexity index is 2150. The molecule has 0 saturated carbocycles. The van der Waals surface area contributed by atoms with E-state index in [1.807, 2.05) is 0 Å². The van der Waals surface area contributed by atoms with Gasteiger partial charge in [-0.2, -0.15) is 0 Å². The average molecular weight is 1650 g/mol. The fourth-order valence-corrected chi connectivity index (χ4v) is 16.4. The van der Waals surface area contributed by atoms with Crippen molar-refractivity contribution in [2.75, 3.05) is 39.6 Å². The number of unbranched alkanes of at least 4 members (excludes halogenated alkanes) is 62. The summed E-state index contributed by atoms with van der Waals surface area (Å²) >= 11 is 0. The summed E-state index contributed by atoms with van der Waals surface area (Å²) in [6.07, 6.45) is 80.7. The minimum absolute atomic E-state index is 0.108. The number of aliphatic hydroxyl groups excluding tert-OH is 1. The molecule has 0 fully saturated rings. The van der Waals surface area contributed by atoms with Crippen LogP contribution in [0.3, 0.4) is 0 Å². The van der Waals surface area contributed by atoms with Crippen molar-refractivity contribution in [3.05, 3.63) is 0 Å². The molecule has 19 heteroatoms. The van der Waals surface area contributed by atoms with E-state index in [1.54, 1.807) is 0 Å². The van der Waals surface area contributed by atoms with Gasteiger partial charge in [0.1, 0.15) is 19.3 Å². The van der Waals surface area contributed by atoms with Crippen molar-refractivity contribution in [2.45, 2.75) is 529 Å². The van der Waals surface area contributed by atoms with E-state index in [-0.39, 0.29) is 25.7 Å². The van der Waals surface area contributed by atoms with E-state index in [0.717, 1.165) is 102 Å². The highest BCUT2D eigenvalue weighted by Crippen LogP contribution is 2.45. The minimum atomic E-state index is -4.97. The van der Waals surface area contributed by atoms with Crippen LogP contribution in [0, 0.1) is 11.8 Å². The lowest BCUT2D eigenvalue weighted by Gasteiger charge is -2.21. The Hall–Kier alpha value is -1.94. The molecule has 0 amide bonds. The van der Waals surface area contributed by atoms with Gasteiger partial charge in [-0.3, -0.25) is 37.3 Å². The van der Waals surface area contributed by atoms with E-state index in [9.17, 15) is 43.2 Å². The lowest BCUT2D eigenvalue weighted by Crippen LogP contribution is -2.30. The molecule has 3 N–H and O–H groups in total. The number of carbonyl (C=O) groups excluding carboxylic acids is 4. The van der Waals surface area contributed by atoms with Crippen LogP contribution < -0.4 is 0 Å². The minimum Gasteiger partial charge on any atom is -0.462 e. The molecule has 113 heavy (non-hydrogen) atoms. The van der Waals surface area contributed by atoms with Gasteiger partial charge in [0, 0.05) is 25.7 Å². The Labute approximate surface area is 696 Å². The Morgan fingerprint density at radius 3 is 0.673 bits per heavy atom. The van der Waals surface area contributed by atoms with Gasteiger partial charge < -0.3 is 33.8 Å². The van der Waals surface area contributed by atoms with Crippen LogP contribution >= 0.6 is 15.6 Å². The van der Waals surface area contributed by atoms with E-state index in [0.29, 0.717) is 25.7 Å². The second-order valence-electron chi connectivity index (χ2n) is 34.5. The fraction of sp³-hybridized carbons (Fsp3) is 0.957. The molecular weight excluding hydrogens is 1460 g/mol. The van der Waals surface area contributed by atoms with Crippen molar-refractivity contribution in [1.82, 2.24) is 0 Å². The molecule has 6 atom stereocenters. The molecule has 0 aliphatic heterocycles. The topological polar surface area (TPSA) is 237 Å². The van der Waals surface area contributed by atoms with Gasteiger partial charge in [-0.05, 0) is 37.5 Å². The van der Waals surface area contributed by atoms with Crippen LogP contribution in [0.15, 0.2) is 0 Å². The predicted molar refractivity (Wildman–Crippen MR) is 469 cm³/mol. The molecule has 0 spiro atoms.